The van der Waals surface area contributed by atoms with E-state index in [0.717, 1.165) is 37.2 Å². The van der Waals surface area contributed by atoms with Crippen molar-refractivity contribution >= 4 is 17.5 Å². The number of carbonyl (C=O) groups excluding carboxylic acids is 2. The molecule has 0 unspecified atom stereocenters. The van der Waals surface area contributed by atoms with E-state index in [1.54, 1.807) is 0 Å². The molecule has 0 aliphatic carbocycles. The van der Waals surface area contributed by atoms with E-state index >= 15 is 0 Å². The van der Waals surface area contributed by atoms with Crippen molar-refractivity contribution in [1.82, 2.24) is 9.80 Å². The molecule has 6 heteroatoms. The fourth-order valence-electron chi connectivity index (χ4n) is 3.45. The molecule has 0 aromatic heterocycles. The first kappa shape index (κ1) is 17.9. The number of anilines is 1. The lowest BCUT2D eigenvalue weighted by molar-refractivity contribution is -0.142. The summed E-state index contributed by atoms with van der Waals surface area (Å²) in [5, 5.41) is 2.98. The first-order chi connectivity index (χ1) is 12.0. The number of nitrogens with zero attached hydrogens (tertiary/aromatic N) is 2. The molecule has 1 aromatic carbocycles. The lowest BCUT2D eigenvalue weighted by Gasteiger charge is -2.35. The van der Waals surface area contributed by atoms with Gasteiger partial charge in [0.25, 0.3) is 5.91 Å². The summed E-state index contributed by atoms with van der Waals surface area (Å²) >= 11 is 0. The van der Waals surface area contributed by atoms with Crippen molar-refractivity contribution in [1.29, 1.82) is 0 Å². The smallest absolute Gasteiger partial charge is 0.251 e. The van der Waals surface area contributed by atoms with Crippen LogP contribution < -0.4 is 5.32 Å². The van der Waals surface area contributed by atoms with Crippen LogP contribution in [0.15, 0.2) is 18.2 Å². The van der Waals surface area contributed by atoms with Gasteiger partial charge in [-0.1, -0.05) is 17.7 Å². The average molecular weight is 345 g/mol. The highest BCUT2D eigenvalue weighted by molar-refractivity contribution is 5.93. The summed E-state index contributed by atoms with van der Waals surface area (Å²) in [5.74, 6) is 0.0998. The monoisotopic (exact) mass is 345 g/mol. The maximum atomic E-state index is 12.3. The Kier molecular flexibility index (Phi) is 5.71. The second kappa shape index (κ2) is 7.97. The van der Waals surface area contributed by atoms with Crippen LogP contribution in [0, 0.1) is 13.8 Å². The van der Waals surface area contributed by atoms with Crippen LogP contribution in [0.4, 0.5) is 5.69 Å². The SMILES string of the molecule is Cc1ccc(NC(=O)CN2CCN(C(=O)[C@@H]3CCCO3)CC2)c(C)c1. The Morgan fingerprint density at radius 3 is 2.60 bits per heavy atom. The number of ether oxygens (including phenoxy) is 1. The second-order valence-electron chi connectivity index (χ2n) is 6.97. The minimum absolute atomic E-state index is 0.00847. The molecule has 0 spiro atoms. The third kappa shape index (κ3) is 4.58. The van der Waals surface area contributed by atoms with E-state index in [-0.39, 0.29) is 17.9 Å². The number of hydrogen-bond donors (Lipinski definition) is 1. The van der Waals surface area contributed by atoms with Crippen LogP contribution in [0.1, 0.15) is 24.0 Å². The van der Waals surface area contributed by atoms with Gasteiger partial charge < -0.3 is 15.0 Å². The molecular weight excluding hydrogens is 318 g/mol. The number of piperazine rings is 1. The molecule has 2 amide bonds. The van der Waals surface area contributed by atoms with E-state index in [1.807, 2.05) is 30.9 Å². The molecule has 0 radical (unpaired) electrons. The molecule has 6 nitrogen and oxygen atoms in total. The molecule has 0 saturated carbocycles. The van der Waals surface area contributed by atoms with Crippen molar-refractivity contribution in [3.8, 4) is 0 Å². The molecule has 1 N–H and O–H groups in total. The maximum Gasteiger partial charge on any atom is 0.251 e. The van der Waals surface area contributed by atoms with Gasteiger partial charge in [0.05, 0.1) is 6.54 Å². The fourth-order valence-corrected chi connectivity index (χ4v) is 3.45. The molecule has 1 atom stereocenters. The van der Waals surface area contributed by atoms with Crippen LogP contribution in [0.3, 0.4) is 0 Å². The summed E-state index contributed by atoms with van der Waals surface area (Å²) in [4.78, 5) is 28.6. The maximum absolute atomic E-state index is 12.3. The number of benzene rings is 1. The lowest BCUT2D eigenvalue weighted by Crippen LogP contribution is -2.52. The van der Waals surface area contributed by atoms with Gasteiger partial charge >= 0.3 is 0 Å². The third-order valence-electron chi connectivity index (χ3n) is 4.91. The highest BCUT2D eigenvalue weighted by Crippen LogP contribution is 2.17. The molecule has 1 aromatic rings. The van der Waals surface area contributed by atoms with Gasteiger partial charge in [0.1, 0.15) is 6.10 Å². The van der Waals surface area contributed by atoms with Crippen molar-refractivity contribution in [3.63, 3.8) is 0 Å². The van der Waals surface area contributed by atoms with E-state index < -0.39 is 0 Å². The Morgan fingerprint density at radius 2 is 1.96 bits per heavy atom. The summed E-state index contributed by atoms with van der Waals surface area (Å²) in [6, 6.07) is 6.00. The summed E-state index contributed by atoms with van der Waals surface area (Å²) in [7, 11) is 0. The van der Waals surface area contributed by atoms with Crippen molar-refractivity contribution in [2.75, 3.05) is 44.6 Å². The zero-order valence-electron chi connectivity index (χ0n) is 15.1. The van der Waals surface area contributed by atoms with Crippen LogP contribution in [0.5, 0.6) is 0 Å². The molecule has 2 heterocycles. The zero-order chi connectivity index (χ0) is 17.8. The van der Waals surface area contributed by atoms with Crippen LogP contribution in [-0.4, -0.2) is 67.0 Å². The van der Waals surface area contributed by atoms with E-state index in [4.69, 9.17) is 4.74 Å². The van der Waals surface area contributed by atoms with Crippen molar-refractivity contribution in [2.24, 2.45) is 0 Å². The van der Waals surface area contributed by atoms with Gasteiger partial charge in [0.15, 0.2) is 0 Å². The van der Waals surface area contributed by atoms with E-state index in [0.29, 0.717) is 26.2 Å². The van der Waals surface area contributed by atoms with Gasteiger partial charge in [-0.25, -0.2) is 0 Å². The number of carbonyl (C=O) groups is 2. The van der Waals surface area contributed by atoms with Gasteiger partial charge in [-0.15, -0.1) is 0 Å². The largest absolute Gasteiger partial charge is 0.368 e. The normalized spacial score (nSPS) is 21.4. The molecule has 2 aliphatic rings. The predicted octanol–water partition coefficient (Wildman–Crippen LogP) is 1.57. The van der Waals surface area contributed by atoms with E-state index in [1.165, 1.54) is 5.56 Å². The number of nitrogens with one attached hydrogen (secondary N) is 1. The van der Waals surface area contributed by atoms with Crippen molar-refractivity contribution in [2.45, 2.75) is 32.8 Å². The van der Waals surface area contributed by atoms with Crippen molar-refractivity contribution < 1.29 is 14.3 Å². The first-order valence-electron chi connectivity index (χ1n) is 9.03. The highest BCUT2D eigenvalue weighted by Gasteiger charge is 2.30. The molecule has 2 fully saturated rings. The quantitative estimate of drug-likeness (QED) is 0.900. The Hall–Kier alpha value is -1.92. The Balaban J connectivity index is 1.45. The fraction of sp³-hybridized carbons (Fsp3) is 0.579. The summed E-state index contributed by atoms with van der Waals surface area (Å²) in [5.41, 5.74) is 3.12. The first-order valence-corrected chi connectivity index (χ1v) is 9.03. The predicted molar refractivity (Wildman–Crippen MR) is 96.5 cm³/mol. The van der Waals surface area contributed by atoms with Gasteiger partial charge in [0.2, 0.25) is 5.91 Å². The van der Waals surface area contributed by atoms with E-state index in [9.17, 15) is 9.59 Å². The highest BCUT2D eigenvalue weighted by atomic mass is 16.5. The third-order valence-corrected chi connectivity index (χ3v) is 4.91. The van der Waals surface area contributed by atoms with E-state index in [2.05, 4.69) is 16.3 Å². The van der Waals surface area contributed by atoms with Crippen LogP contribution in [0.25, 0.3) is 0 Å². The number of aryl methyl sites for hydroxylation is 2. The molecule has 136 valence electrons. The zero-order valence-corrected chi connectivity index (χ0v) is 15.1. The minimum Gasteiger partial charge on any atom is -0.368 e. The molecule has 3 rings (SSSR count). The average Bonchev–Trinajstić information content (AvgIpc) is 3.12. The molecule has 2 aliphatic heterocycles. The number of rotatable bonds is 4. The van der Waals surface area contributed by atoms with Gasteiger partial charge in [-0.2, -0.15) is 0 Å². The van der Waals surface area contributed by atoms with Crippen molar-refractivity contribution in [3.05, 3.63) is 29.3 Å². The molecule has 0 bridgehead atoms. The Bertz CT molecular complexity index is 633. The van der Waals surface area contributed by atoms with Crippen LogP contribution in [-0.2, 0) is 14.3 Å². The Morgan fingerprint density at radius 1 is 1.20 bits per heavy atom. The molecule has 25 heavy (non-hydrogen) atoms. The van der Waals surface area contributed by atoms with Crippen LogP contribution >= 0.6 is 0 Å². The standard InChI is InChI=1S/C19H27N3O3/c1-14-5-6-16(15(2)12-14)20-18(23)13-21-7-9-22(10-8-21)19(24)17-4-3-11-25-17/h5-6,12,17H,3-4,7-11,13H2,1-2H3,(H,20,23)/t17-/m0/s1. The van der Waals surface area contributed by atoms with Crippen LogP contribution in [0.2, 0.25) is 0 Å². The van der Waals surface area contributed by atoms with Gasteiger partial charge in [0, 0.05) is 38.5 Å². The minimum atomic E-state index is -0.251. The topological polar surface area (TPSA) is 61.9 Å². The summed E-state index contributed by atoms with van der Waals surface area (Å²) < 4.78 is 5.48. The number of hydrogen-bond acceptors (Lipinski definition) is 4. The summed E-state index contributed by atoms with van der Waals surface area (Å²) in [6.07, 6.45) is 1.55. The summed E-state index contributed by atoms with van der Waals surface area (Å²) in [6.45, 7) is 7.85. The lowest BCUT2D eigenvalue weighted by atomic mass is 10.1. The molecule has 2 saturated heterocycles. The molecular formula is C19H27N3O3. The second-order valence-corrected chi connectivity index (χ2v) is 6.97. The van der Waals surface area contributed by atoms with Gasteiger partial charge in [-0.05, 0) is 38.3 Å². The number of amides is 2. The Labute approximate surface area is 149 Å². The van der Waals surface area contributed by atoms with Gasteiger partial charge in [-0.3, -0.25) is 14.5 Å².